The zero-order valence-electron chi connectivity index (χ0n) is 13.3. The second-order valence-corrected chi connectivity index (χ2v) is 5.58. The van der Waals surface area contributed by atoms with Crippen LogP contribution in [-0.2, 0) is 17.9 Å². The molecule has 0 fully saturated rings. The number of pyridine rings is 1. The van der Waals surface area contributed by atoms with Crippen LogP contribution in [0.5, 0.6) is 5.75 Å². The molecule has 1 aromatic heterocycles. The first-order valence-corrected chi connectivity index (χ1v) is 7.76. The molecule has 6 heteroatoms. The van der Waals surface area contributed by atoms with Crippen molar-refractivity contribution in [2.45, 2.75) is 19.6 Å². The third-order valence-electron chi connectivity index (χ3n) is 3.80. The first-order chi connectivity index (χ1) is 12.0. The summed E-state index contributed by atoms with van der Waals surface area (Å²) in [5.41, 5.74) is 0.899. The van der Waals surface area contributed by atoms with Gasteiger partial charge in [0.2, 0.25) is 0 Å². The van der Waals surface area contributed by atoms with Crippen LogP contribution in [0.15, 0.2) is 59.4 Å². The van der Waals surface area contributed by atoms with E-state index in [1.807, 2.05) is 6.07 Å². The highest BCUT2D eigenvalue weighted by Crippen LogP contribution is 2.25. The summed E-state index contributed by atoms with van der Waals surface area (Å²) in [7, 11) is 0. The van der Waals surface area contributed by atoms with Crippen LogP contribution in [0.25, 0.3) is 10.9 Å². The number of halogens is 1. The van der Waals surface area contributed by atoms with Gasteiger partial charge in [-0.15, -0.1) is 0 Å². The molecule has 3 aromatic rings. The molecule has 0 aliphatic heterocycles. The van der Waals surface area contributed by atoms with E-state index < -0.39 is 5.97 Å². The Labute approximate surface area is 142 Å². The fourth-order valence-electron chi connectivity index (χ4n) is 2.66. The standard InChI is InChI=1S/C19H16FNO4/c20-15-5-1-3-13(11-15)12-25-16-6-2-4-14-7-8-17(22)21(19(14)16)10-9-18(23)24/h1-8,11H,9-10,12H2,(H,23,24). The maximum atomic E-state index is 13.3. The third kappa shape index (κ3) is 3.85. The summed E-state index contributed by atoms with van der Waals surface area (Å²) in [5, 5.41) is 9.67. The van der Waals surface area contributed by atoms with E-state index in [2.05, 4.69) is 0 Å². The molecule has 25 heavy (non-hydrogen) atoms. The van der Waals surface area contributed by atoms with E-state index in [0.717, 1.165) is 5.39 Å². The SMILES string of the molecule is O=C(O)CCn1c(=O)ccc2cccc(OCc3cccc(F)c3)c21. The van der Waals surface area contributed by atoms with E-state index >= 15 is 0 Å². The van der Waals surface area contributed by atoms with Gasteiger partial charge in [0.25, 0.3) is 5.56 Å². The van der Waals surface area contributed by atoms with E-state index in [0.29, 0.717) is 16.8 Å². The smallest absolute Gasteiger partial charge is 0.305 e. The van der Waals surface area contributed by atoms with Crippen molar-refractivity contribution in [2.75, 3.05) is 0 Å². The number of fused-ring (bicyclic) bond motifs is 1. The molecule has 0 amide bonds. The number of hydrogen-bond donors (Lipinski definition) is 1. The molecule has 0 unspecified atom stereocenters. The van der Waals surface area contributed by atoms with Crippen LogP contribution in [0.4, 0.5) is 4.39 Å². The molecule has 0 spiro atoms. The largest absolute Gasteiger partial charge is 0.487 e. The highest BCUT2D eigenvalue weighted by Gasteiger charge is 2.11. The first kappa shape index (κ1) is 16.7. The second-order valence-electron chi connectivity index (χ2n) is 5.58. The van der Waals surface area contributed by atoms with Gasteiger partial charge in [-0.1, -0.05) is 24.3 Å². The Morgan fingerprint density at radius 1 is 1.12 bits per heavy atom. The normalized spacial score (nSPS) is 10.8. The Morgan fingerprint density at radius 2 is 1.92 bits per heavy atom. The summed E-state index contributed by atoms with van der Waals surface area (Å²) in [6.07, 6.45) is -0.169. The van der Waals surface area contributed by atoms with Crippen molar-refractivity contribution in [3.05, 3.63) is 76.3 Å². The van der Waals surface area contributed by atoms with Gasteiger partial charge in [-0.2, -0.15) is 0 Å². The Hall–Kier alpha value is -3.15. The fraction of sp³-hybridized carbons (Fsp3) is 0.158. The van der Waals surface area contributed by atoms with Crippen LogP contribution in [-0.4, -0.2) is 15.6 Å². The lowest BCUT2D eigenvalue weighted by molar-refractivity contribution is -0.137. The Balaban J connectivity index is 1.98. The maximum absolute atomic E-state index is 13.3. The van der Waals surface area contributed by atoms with Crippen molar-refractivity contribution in [2.24, 2.45) is 0 Å². The molecule has 1 N–H and O–H groups in total. The lowest BCUT2D eigenvalue weighted by Gasteiger charge is -2.14. The van der Waals surface area contributed by atoms with Crippen molar-refractivity contribution in [1.29, 1.82) is 0 Å². The van der Waals surface area contributed by atoms with Crippen LogP contribution in [0.2, 0.25) is 0 Å². The summed E-state index contributed by atoms with van der Waals surface area (Å²) in [6, 6.07) is 14.5. The van der Waals surface area contributed by atoms with Gasteiger partial charge < -0.3 is 14.4 Å². The number of benzene rings is 2. The third-order valence-corrected chi connectivity index (χ3v) is 3.80. The minimum atomic E-state index is -0.984. The number of aromatic nitrogens is 1. The average Bonchev–Trinajstić information content (AvgIpc) is 2.59. The van der Waals surface area contributed by atoms with Crippen molar-refractivity contribution < 1.29 is 19.0 Å². The number of carbonyl (C=O) groups is 1. The molecule has 128 valence electrons. The molecule has 0 bridgehead atoms. The maximum Gasteiger partial charge on any atom is 0.305 e. The lowest BCUT2D eigenvalue weighted by atomic mass is 10.2. The van der Waals surface area contributed by atoms with Gasteiger partial charge in [0.1, 0.15) is 18.2 Å². The molecular formula is C19H16FNO4. The summed E-state index contributed by atoms with van der Waals surface area (Å²) in [5.74, 6) is -0.885. The van der Waals surface area contributed by atoms with Gasteiger partial charge in [-0.3, -0.25) is 9.59 Å². The monoisotopic (exact) mass is 341 g/mol. The van der Waals surface area contributed by atoms with Gasteiger partial charge >= 0.3 is 5.97 Å². The minimum absolute atomic E-state index is 0.0475. The number of aliphatic carboxylic acids is 1. The van der Waals surface area contributed by atoms with Crippen LogP contribution in [0.1, 0.15) is 12.0 Å². The highest BCUT2D eigenvalue weighted by atomic mass is 19.1. The van der Waals surface area contributed by atoms with Crippen LogP contribution in [0.3, 0.4) is 0 Å². The molecule has 5 nitrogen and oxygen atoms in total. The van der Waals surface area contributed by atoms with Crippen LogP contribution < -0.4 is 10.3 Å². The molecule has 0 atom stereocenters. The molecule has 0 radical (unpaired) electrons. The molecule has 0 saturated carbocycles. The van der Waals surface area contributed by atoms with Gasteiger partial charge in [-0.05, 0) is 29.8 Å². The number of aryl methyl sites for hydroxylation is 1. The van der Waals surface area contributed by atoms with E-state index in [9.17, 15) is 14.0 Å². The molecule has 0 aliphatic carbocycles. The highest BCUT2D eigenvalue weighted by molar-refractivity contribution is 5.85. The molecule has 1 heterocycles. The lowest BCUT2D eigenvalue weighted by Crippen LogP contribution is -2.21. The number of rotatable bonds is 6. The average molecular weight is 341 g/mol. The first-order valence-electron chi connectivity index (χ1n) is 7.76. The van der Waals surface area contributed by atoms with Crippen molar-refractivity contribution in [3.63, 3.8) is 0 Å². The number of nitrogens with zero attached hydrogens (tertiary/aromatic N) is 1. The van der Waals surface area contributed by atoms with Gasteiger partial charge in [0.15, 0.2) is 0 Å². The molecular weight excluding hydrogens is 325 g/mol. The molecule has 2 aromatic carbocycles. The van der Waals surface area contributed by atoms with E-state index in [1.54, 1.807) is 30.3 Å². The van der Waals surface area contributed by atoms with Crippen LogP contribution in [0, 0.1) is 5.82 Å². The topological polar surface area (TPSA) is 68.5 Å². The fourth-order valence-corrected chi connectivity index (χ4v) is 2.66. The zero-order chi connectivity index (χ0) is 17.8. The van der Waals surface area contributed by atoms with Gasteiger partial charge in [-0.25, -0.2) is 4.39 Å². The van der Waals surface area contributed by atoms with E-state index in [-0.39, 0.29) is 30.9 Å². The second kappa shape index (κ2) is 7.17. The molecule has 0 saturated heterocycles. The molecule has 0 aliphatic rings. The van der Waals surface area contributed by atoms with Gasteiger partial charge in [0, 0.05) is 18.0 Å². The zero-order valence-corrected chi connectivity index (χ0v) is 13.3. The van der Waals surface area contributed by atoms with Gasteiger partial charge in [0.05, 0.1) is 11.9 Å². The number of ether oxygens (including phenoxy) is 1. The van der Waals surface area contributed by atoms with Crippen LogP contribution >= 0.6 is 0 Å². The number of para-hydroxylation sites is 1. The number of carboxylic acids is 1. The summed E-state index contributed by atoms with van der Waals surface area (Å²) >= 11 is 0. The Bertz CT molecular complexity index is 981. The molecule has 3 rings (SSSR count). The number of hydrogen-bond acceptors (Lipinski definition) is 3. The predicted octanol–water partition coefficient (Wildman–Crippen LogP) is 3.19. The van der Waals surface area contributed by atoms with Crippen molar-refractivity contribution >= 4 is 16.9 Å². The quantitative estimate of drug-likeness (QED) is 0.748. The Morgan fingerprint density at radius 3 is 2.68 bits per heavy atom. The van der Waals surface area contributed by atoms with E-state index in [1.165, 1.54) is 22.8 Å². The summed E-state index contributed by atoms with van der Waals surface area (Å²) in [4.78, 5) is 23.0. The van der Waals surface area contributed by atoms with E-state index in [4.69, 9.17) is 9.84 Å². The summed E-state index contributed by atoms with van der Waals surface area (Å²) < 4.78 is 20.5. The number of carboxylic acid groups (broad SMARTS) is 1. The Kier molecular flexibility index (Phi) is 4.79. The summed E-state index contributed by atoms with van der Waals surface area (Å²) in [6.45, 7) is 0.185. The van der Waals surface area contributed by atoms with Crippen molar-refractivity contribution in [1.82, 2.24) is 4.57 Å². The minimum Gasteiger partial charge on any atom is -0.487 e. The van der Waals surface area contributed by atoms with Crippen molar-refractivity contribution in [3.8, 4) is 5.75 Å². The predicted molar refractivity (Wildman–Crippen MR) is 91.2 cm³/mol.